The number of hydrogen-bond donors (Lipinski definition) is 2. The second kappa shape index (κ2) is 10.3. The number of rotatable bonds is 5. The van der Waals surface area contributed by atoms with E-state index in [9.17, 15) is 4.79 Å². The Kier molecular flexibility index (Phi) is 6.62. The summed E-state index contributed by atoms with van der Waals surface area (Å²) in [7, 11) is 0. The summed E-state index contributed by atoms with van der Waals surface area (Å²) in [6, 6.07) is 16.7. The Morgan fingerprint density at radius 1 is 0.900 bits per heavy atom. The molecule has 0 spiro atoms. The van der Waals surface area contributed by atoms with E-state index < -0.39 is 5.60 Å². The van der Waals surface area contributed by atoms with Crippen molar-refractivity contribution >= 4 is 16.9 Å². The van der Waals surface area contributed by atoms with Gasteiger partial charge in [0.15, 0.2) is 0 Å². The van der Waals surface area contributed by atoms with Crippen molar-refractivity contribution in [2.75, 3.05) is 6.54 Å². The first-order chi connectivity index (χ1) is 19.3. The second-order valence-corrected chi connectivity index (χ2v) is 11.3. The van der Waals surface area contributed by atoms with Crippen LogP contribution in [0.2, 0.25) is 0 Å². The molecule has 0 bridgehead atoms. The SMILES string of the molecule is CCc1ncc(-c2ccc3cc(-c4ccc(-c5cnc(C6CCCN6C(=O)OC(C)(C)C)[nH]5)cc4)ncc3c2)[nH]1. The molecule has 8 heteroatoms. The Hall–Kier alpha value is -4.46. The lowest BCUT2D eigenvalue weighted by atomic mass is 10.0. The Bertz CT molecular complexity index is 1660. The lowest BCUT2D eigenvalue weighted by molar-refractivity contribution is 0.0218. The van der Waals surface area contributed by atoms with Crippen LogP contribution < -0.4 is 0 Å². The number of nitrogens with one attached hydrogen (secondary N) is 2. The summed E-state index contributed by atoms with van der Waals surface area (Å²) in [5.41, 5.74) is 5.51. The van der Waals surface area contributed by atoms with Crippen molar-refractivity contribution in [3.8, 4) is 33.8 Å². The molecule has 1 fully saturated rings. The molecule has 40 heavy (non-hydrogen) atoms. The zero-order chi connectivity index (χ0) is 27.9. The predicted molar refractivity (Wildman–Crippen MR) is 157 cm³/mol. The van der Waals surface area contributed by atoms with Crippen LogP contribution in [0.5, 0.6) is 0 Å². The molecule has 2 N–H and O–H groups in total. The summed E-state index contributed by atoms with van der Waals surface area (Å²) in [4.78, 5) is 35.1. The van der Waals surface area contributed by atoms with Gasteiger partial charge in [0.1, 0.15) is 17.2 Å². The predicted octanol–water partition coefficient (Wildman–Crippen LogP) is 7.32. The number of carbonyl (C=O) groups is 1. The van der Waals surface area contributed by atoms with Crippen LogP contribution in [-0.4, -0.2) is 48.1 Å². The zero-order valence-electron chi connectivity index (χ0n) is 23.4. The average molecular weight is 535 g/mol. The summed E-state index contributed by atoms with van der Waals surface area (Å²) in [6.45, 7) is 8.42. The number of pyridine rings is 1. The third kappa shape index (κ3) is 5.21. The molecule has 3 aromatic heterocycles. The zero-order valence-corrected chi connectivity index (χ0v) is 23.4. The number of nitrogens with zero attached hydrogens (tertiary/aromatic N) is 4. The van der Waals surface area contributed by atoms with Crippen LogP contribution in [0, 0.1) is 0 Å². The minimum atomic E-state index is -0.526. The number of likely N-dealkylation sites (tertiary alicyclic amines) is 1. The highest BCUT2D eigenvalue weighted by Gasteiger charge is 2.34. The summed E-state index contributed by atoms with van der Waals surface area (Å²) in [6.07, 6.45) is 8.04. The number of aromatic amines is 2. The fourth-order valence-corrected chi connectivity index (χ4v) is 5.22. The Morgan fingerprint density at radius 3 is 2.38 bits per heavy atom. The van der Waals surface area contributed by atoms with Gasteiger partial charge in [0.05, 0.1) is 35.5 Å². The van der Waals surface area contributed by atoms with Gasteiger partial charge in [-0.25, -0.2) is 14.8 Å². The molecule has 1 atom stereocenters. The molecule has 1 unspecified atom stereocenters. The molecular weight excluding hydrogens is 500 g/mol. The molecule has 0 aliphatic carbocycles. The molecule has 1 aliphatic rings. The highest BCUT2D eigenvalue weighted by atomic mass is 16.6. The molecule has 1 aliphatic heterocycles. The second-order valence-electron chi connectivity index (χ2n) is 11.3. The van der Waals surface area contributed by atoms with Gasteiger partial charge < -0.3 is 14.7 Å². The van der Waals surface area contributed by atoms with Gasteiger partial charge in [-0.2, -0.15) is 0 Å². The Labute approximate surface area is 233 Å². The molecule has 6 rings (SSSR count). The maximum atomic E-state index is 12.7. The van der Waals surface area contributed by atoms with Crippen molar-refractivity contribution in [2.24, 2.45) is 0 Å². The normalized spacial score (nSPS) is 15.6. The van der Waals surface area contributed by atoms with Gasteiger partial charge in [-0.05, 0) is 56.7 Å². The summed E-state index contributed by atoms with van der Waals surface area (Å²) >= 11 is 0. The minimum Gasteiger partial charge on any atom is -0.444 e. The highest BCUT2D eigenvalue weighted by Crippen LogP contribution is 2.33. The van der Waals surface area contributed by atoms with Crippen molar-refractivity contribution in [3.63, 3.8) is 0 Å². The molecule has 5 aromatic rings. The van der Waals surface area contributed by atoms with Crippen molar-refractivity contribution in [1.29, 1.82) is 0 Å². The van der Waals surface area contributed by atoms with E-state index in [4.69, 9.17) is 9.72 Å². The number of carbonyl (C=O) groups excluding carboxylic acids is 1. The quantitative estimate of drug-likeness (QED) is 0.246. The third-order valence-corrected chi connectivity index (χ3v) is 7.28. The number of fused-ring (bicyclic) bond motifs is 1. The fraction of sp³-hybridized carbons (Fsp3) is 0.312. The number of aromatic nitrogens is 5. The van der Waals surface area contributed by atoms with E-state index in [-0.39, 0.29) is 12.1 Å². The van der Waals surface area contributed by atoms with Gasteiger partial charge in [0.25, 0.3) is 0 Å². The summed E-state index contributed by atoms with van der Waals surface area (Å²) in [5.74, 6) is 1.78. The number of ether oxygens (including phenoxy) is 1. The van der Waals surface area contributed by atoms with Gasteiger partial charge in [-0.3, -0.25) is 9.88 Å². The van der Waals surface area contributed by atoms with Crippen molar-refractivity contribution in [2.45, 2.75) is 58.6 Å². The van der Waals surface area contributed by atoms with Gasteiger partial charge >= 0.3 is 6.09 Å². The number of benzene rings is 2. The first-order valence-corrected chi connectivity index (χ1v) is 13.9. The Balaban J connectivity index is 1.19. The van der Waals surface area contributed by atoms with Crippen molar-refractivity contribution in [3.05, 3.63) is 78.8 Å². The van der Waals surface area contributed by atoms with Gasteiger partial charge in [-0.1, -0.05) is 43.3 Å². The minimum absolute atomic E-state index is 0.104. The fourth-order valence-electron chi connectivity index (χ4n) is 5.22. The lowest BCUT2D eigenvalue weighted by Crippen LogP contribution is -2.36. The molecule has 8 nitrogen and oxygen atoms in total. The molecule has 0 saturated carbocycles. The first-order valence-electron chi connectivity index (χ1n) is 13.9. The van der Waals surface area contributed by atoms with Crippen LogP contribution in [0.3, 0.4) is 0 Å². The van der Waals surface area contributed by atoms with Crippen LogP contribution in [0.15, 0.2) is 67.1 Å². The smallest absolute Gasteiger partial charge is 0.410 e. The summed E-state index contributed by atoms with van der Waals surface area (Å²) < 4.78 is 5.61. The van der Waals surface area contributed by atoms with Crippen molar-refractivity contribution in [1.82, 2.24) is 29.8 Å². The molecule has 0 radical (unpaired) electrons. The van der Waals surface area contributed by atoms with Crippen LogP contribution >= 0.6 is 0 Å². The van der Waals surface area contributed by atoms with Gasteiger partial charge in [-0.15, -0.1) is 0 Å². The largest absolute Gasteiger partial charge is 0.444 e. The van der Waals surface area contributed by atoms with Gasteiger partial charge in [0.2, 0.25) is 0 Å². The lowest BCUT2D eigenvalue weighted by Gasteiger charge is -2.27. The standard InChI is InChI=1S/C32H34N6O2/c1-5-29-34-18-27(36-29)23-13-12-22-16-25(33-17-24(22)15-23)20-8-10-21(11-9-20)26-19-35-30(37-26)28-7-6-14-38(28)31(39)40-32(2,3)4/h8-13,15-19,28H,5-7,14H2,1-4H3,(H,34,36)(H,35,37). The molecule has 204 valence electrons. The number of amides is 1. The van der Waals surface area contributed by atoms with Crippen LogP contribution in [0.25, 0.3) is 44.5 Å². The maximum Gasteiger partial charge on any atom is 0.410 e. The van der Waals surface area contributed by atoms with E-state index in [0.717, 1.165) is 75.5 Å². The van der Waals surface area contributed by atoms with Crippen molar-refractivity contribution < 1.29 is 9.53 Å². The van der Waals surface area contributed by atoms with E-state index >= 15 is 0 Å². The monoisotopic (exact) mass is 534 g/mol. The first kappa shape index (κ1) is 25.8. The number of hydrogen-bond acceptors (Lipinski definition) is 5. The third-order valence-electron chi connectivity index (χ3n) is 7.28. The van der Waals surface area contributed by atoms with Crippen LogP contribution in [0.4, 0.5) is 4.79 Å². The van der Waals surface area contributed by atoms with E-state index in [1.54, 1.807) is 4.90 Å². The van der Waals surface area contributed by atoms with E-state index in [1.807, 2.05) is 39.4 Å². The van der Waals surface area contributed by atoms with Gasteiger partial charge in [0, 0.05) is 35.7 Å². The maximum absolute atomic E-state index is 12.7. The van der Waals surface area contributed by atoms with E-state index in [1.165, 1.54) is 0 Å². The molecule has 2 aromatic carbocycles. The van der Waals surface area contributed by atoms with Crippen LogP contribution in [0.1, 0.15) is 58.2 Å². The number of aryl methyl sites for hydroxylation is 1. The molecule has 4 heterocycles. The number of imidazole rings is 2. The highest BCUT2D eigenvalue weighted by molar-refractivity contribution is 5.89. The topological polar surface area (TPSA) is 99.8 Å². The average Bonchev–Trinajstić information content (AvgIpc) is 3.72. The molecular formula is C32H34N6O2. The summed E-state index contributed by atoms with van der Waals surface area (Å²) in [5, 5.41) is 2.22. The molecule has 1 saturated heterocycles. The van der Waals surface area contributed by atoms with E-state index in [2.05, 4.69) is 75.4 Å². The Morgan fingerprint density at radius 2 is 1.62 bits per heavy atom. The van der Waals surface area contributed by atoms with Crippen LogP contribution in [-0.2, 0) is 11.2 Å². The molecule has 1 amide bonds. The number of H-pyrrole nitrogens is 2. The van der Waals surface area contributed by atoms with E-state index in [0.29, 0.717) is 6.54 Å².